The average Bonchev–Trinajstić information content (AvgIpc) is 3.29. The highest BCUT2D eigenvalue weighted by atomic mass is 14.2. The fourth-order valence-electron chi connectivity index (χ4n) is 8.19. The molecule has 0 aliphatic heterocycles. The van der Waals surface area contributed by atoms with Gasteiger partial charge in [-0.1, -0.05) is 206 Å². The second-order valence-electron chi connectivity index (χ2n) is 15.4. The number of benzene rings is 9. The molecular formula is C60H46. The van der Waals surface area contributed by atoms with Crippen LogP contribution >= 0.6 is 0 Å². The van der Waals surface area contributed by atoms with Crippen LogP contribution in [-0.4, -0.2) is 0 Å². The number of hydrogen-bond donors (Lipinski definition) is 0. The van der Waals surface area contributed by atoms with Gasteiger partial charge in [-0.2, -0.15) is 0 Å². The Morgan fingerprint density at radius 3 is 1.03 bits per heavy atom. The number of aryl methyl sites for hydroxylation is 2. The lowest BCUT2D eigenvalue weighted by Gasteiger charge is -2.13. The summed E-state index contributed by atoms with van der Waals surface area (Å²) in [5.41, 5.74) is 16.8. The molecule has 9 aromatic rings. The third-order valence-electron chi connectivity index (χ3n) is 11.4. The molecule has 9 rings (SSSR count). The summed E-state index contributed by atoms with van der Waals surface area (Å²) < 4.78 is 0. The summed E-state index contributed by atoms with van der Waals surface area (Å²) in [4.78, 5) is 0. The van der Waals surface area contributed by atoms with Crippen molar-refractivity contribution in [1.82, 2.24) is 0 Å². The summed E-state index contributed by atoms with van der Waals surface area (Å²) in [6, 6.07) is 74.1. The third kappa shape index (κ3) is 8.37. The maximum absolute atomic E-state index is 2.34. The Balaban J connectivity index is 1.16. The van der Waals surface area contributed by atoms with Crippen molar-refractivity contribution in [2.24, 2.45) is 0 Å². The van der Waals surface area contributed by atoms with Crippen LogP contribution < -0.4 is 0 Å². The maximum Gasteiger partial charge on any atom is -0.0103 e. The van der Waals surface area contributed by atoms with Crippen molar-refractivity contribution >= 4 is 69.1 Å². The molecule has 0 spiro atoms. The summed E-state index contributed by atoms with van der Waals surface area (Å²) >= 11 is 0. The largest absolute Gasteiger partial charge is 0.0622 e. The lowest BCUT2D eigenvalue weighted by molar-refractivity contribution is 1.42. The van der Waals surface area contributed by atoms with Gasteiger partial charge in [0.05, 0.1) is 0 Å². The van der Waals surface area contributed by atoms with E-state index < -0.39 is 0 Å². The van der Waals surface area contributed by atoms with Crippen molar-refractivity contribution in [3.05, 3.63) is 273 Å². The molecule has 0 atom stereocenters. The van der Waals surface area contributed by atoms with Crippen molar-refractivity contribution in [3.8, 4) is 0 Å². The van der Waals surface area contributed by atoms with Crippen molar-refractivity contribution < 1.29 is 0 Å². The molecule has 0 nitrogen and oxygen atoms in total. The van der Waals surface area contributed by atoms with Crippen LogP contribution in [0.1, 0.15) is 66.8 Å². The zero-order chi connectivity index (χ0) is 40.7. The van der Waals surface area contributed by atoms with E-state index in [1.54, 1.807) is 0 Å². The van der Waals surface area contributed by atoms with E-state index in [1.807, 2.05) is 0 Å². The van der Waals surface area contributed by atoms with Crippen molar-refractivity contribution in [2.45, 2.75) is 13.8 Å². The van der Waals surface area contributed by atoms with E-state index in [1.165, 1.54) is 77.2 Å². The van der Waals surface area contributed by atoms with Crippen LogP contribution in [0.2, 0.25) is 0 Å². The lowest BCUT2D eigenvalue weighted by Crippen LogP contribution is -1.92. The monoisotopic (exact) mass is 766 g/mol. The summed E-state index contributed by atoms with van der Waals surface area (Å²) in [5.74, 6) is 0. The first-order chi connectivity index (χ1) is 29.6. The molecule has 0 aliphatic carbocycles. The van der Waals surface area contributed by atoms with Gasteiger partial charge in [-0.15, -0.1) is 0 Å². The molecule has 0 aromatic heterocycles. The van der Waals surface area contributed by atoms with Gasteiger partial charge in [0.25, 0.3) is 0 Å². The summed E-state index contributed by atoms with van der Waals surface area (Å²) in [7, 11) is 0. The lowest BCUT2D eigenvalue weighted by atomic mass is 9.91. The molecule has 0 saturated carbocycles. The predicted molar refractivity (Wildman–Crippen MR) is 261 cm³/mol. The second kappa shape index (κ2) is 17.5. The first-order valence-electron chi connectivity index (χ1n) is 20.7. The van der Waals surface area contributed by atoms with Gasteiger partial charge in [0, 0.05) is 0 Å². The van der Waals surface area contributed by atoms with E-state index >= 15 is 0 Å². The van der Waals surface area contributed by atoms with Crippen molar-refractivity contribution in [1.29, 1.82) is 0 Å². The Labute approximate surface area is 354 Å². The molecule has 0 heterocycles. The SMILES string of the molecule is Cc1ccccc1/C(=C/c1ccccc1C=Cc1cc2cc3ccccc3cc2cc1C=Cc1ccccc1/C=C(\c1ccccc1)c1ccccc1C)c1ccccc1. The van der Waals surface area contributed by atoms with Gasteiger partial charge in [0.15, 0.2) is 0 Å². The Hall–Kier alpha value is -7.54. The minimum atomic E-state index is 1.16. The van der Waals surface area contributed by atoms with Crippen molar-refractivity contribution in [2.75, 3.05) is 0 Å². The smallest absolute Gasteiger partial charge is 0.0103 e. The van der Waals surface area contributed by atoms with Crippen LogP contribution in [-0.2, 0) is 0 Å². The Morgan fingerprint density at radius 2 is 0.617 bits per heavy atom. The molecule has 9 aromatic carbocycles. The number of hydrogen-bond acceptors (Lipinski definition) is 0. The molecule has 0 N–H and O–H groups in total. The summed E-state index contributed by atoms with van der Waals surface area (Å²) in [6.07, 6.45) is 13.8. The highest BCUT2D eigenvalue weighted by Gasteiger charge is 2.12. The van der Waals surface area contributed by atoms with E-state index in [0.29, 0.717) is 0 Å². The molecular weight excluding hydrogens is 721 g/mol. The molecule has 0 unspecified atom stereocenters. The van der Waals surface area contributed by atoms with Gasteiger partial charge in [0.1, 0.15) is 0 Å². The van der Waals surface area contributed by atoms with E-state index in [4.69, 9.17) is 0 Å². The fourth-order valence-corrected chi connectivity index (χ4v) is 8.19. The molecule has 0 aliphatic rings. The molecule has 0 fully saturated rings. The number of fused-ring (bicyclic) bond motifs is 2. The molecule has 286 valence electrons. The van der Waals surface area contributed by atoms with E-state index in [-0.39, 0.29) is 0 Å². The first kappa shape index (κ1) is 38.0. The van der Waals surface area contributed by atoms with E-state index in [0.717, 1.165) is 22.3 Å². The fraction of sp³-hybridized carbons (Fsp3) is 0.0333. The summed E-state index contributed by atoms with van der Waals surface area (Å²) in [6.45, 7) is 4.38. The maximum atomic E-state index is 2.34. The zero-order valence-electron chi connectivity index (χ0n) is 34.1. The first-order valence-corrected chi connectivity index (χ1v) is 20.7. The van der Waals surface area contributed by atoms with Crippen LogP contribution in [0.3, 0.4) is 0 Å². The van der Waals surface area contributed by atoms with Gasteiger partial charge in [-0.05, 0) is 150 Å². The van der Waals surface area contributed by atoms with Crippen LogP contribution in [0, 0.1) is 13.8 Å². The van der Waals surface area contributed by atoms with Crippen LogP contribution in [0.4, 0.5) is 0 Å². The van der Waals surface area contributed by atoms with Gasteiger partial charge >= 0.3 is 0 Å². The van der Waals surface area contributed by atoms with Gasteiger partial charge in [0.2, 0.25) is 0 Å². The molecule has 0 radical (unpaired) electrons. The zero-order valence-corrected chi connectivity index (χ0v) is 34.1. The van der Waals surface area contributed by atoms with E-state index in [9.17, 15) is 0 Å². The van der Waals surface area contributed by atoms with Crippen LogP contribution in [0.15, 0.2) is 206 Å². The highest BCUT2D eigenvalue weighted by Crippen LogP contribution is 2.33. The molecule has 0 saturated heterocycles. The van der Waals surface area contributed by atoms with Crippen molar-refractivity contribution in [3.63, 3.8) is 0 Å². The molecule has 0 heteroatoms. The average molecular weight is 767 g/mol. The molecule has 60 heavy (non-hydrogen) atoms. The molecule has 0 bridgehead atoms. The quantitative estimate of drug-likeness (QED) is 0.0961. The summed E-state index contributed by atoms with van der Waals surface area (Å²) in [5, 5.41) is 4.93. The van der Waals surface area contributed by atoms with E-state index in [2.05, 4.69) is 257 Å². The van der Waals surface area contributed by atoms with Crippen LogP contribution in [0.5, 0.6) is 0 Å². The highest BCUT2D eigenvalue weighted by molar-refractivity contribution is 6.02. The predicted octanol–water partition coefficient (Wildman–Crippen LogP) is 16.1. The Kier molecular flexibility index (Phi) is 11.1. The van der Waals surface area contributed by atoms with Gasteiger partial charge in [-0.25, -0.2) is 0 Å². The standard InChI is InChI=1S/C60H46/c1-43-19-9-17-31-57(43)59(47-23-5-3-6-24-47)41-51-29-13-11-21-45(51)33-35-53-39-55-37-49-27-15-16-28-50(49)38-56(55)40-54(53)36-34-46-22-12-14-30-52(46)42-60(48-25-7-4-8-26-48)58-32-18-10-20-44(58)2/h3-42H,1-2H3/b35-33?,36-34?,59-41+,60-42+. The topological polar surface area (TPSA) is 0 Å². The number of rotatable bonds is 10. The normalized spacial score (nSPS) is 12.2. The Morgan fingerprint density at radius 1 is 0.283 bits per heavy atom. The Bertz CT molecular complexity index is 2870. The van der Waals surface area contributed by atoms with Gasteiger partial charge < -0.3 is 0 Å². The third-order valence-corrected chi connectivity index (χ3v) is 11.4. The molecule has 0 amide bonds. The minimum absolute atomic E-state index is 1.16. The minimum Gasteiger partial charge on any atom is -0.0622 e. The second-order valence-corrected chi connectivity index (χ2v) is 15.4. The van der Waals surface area contributed by atoms with Gasteiger partial charge in [-0.3, -0.25) is 0 Å². The van der Waals surface area contributed by atoms with Crippen LogP contribution in [0.25, 0.3) is 69.1 Å².